The van der Waals surface area contributed by atoms with Crippen molar-refractivity contribution in [3.8, 4) is 0 Å². The Morgan fingerprint density at radius 2 is 2.00 bits per heavy atom. The predicted octanol–water partition coefficient (Wildman–Crippen LogP) is 1.79. The molecule has 0 heterocycles. The maximum atomic E-state index is 11.6. The molecule has 1 rings (SSSR count). The Kier molecular flexibility index (Phi) is 7.35. The Morgan fingerprint density at radius 1 is 1.30 bits per heavy atom. The van der Waals surface area contributed by atoms with Crippen LogP contribution in [0.15, 0.2) is 30.3 Å². The van der Waals surface area contributed by atoms with E-state index in [1.165, 1.54) is 0 Å². The second-order valence-electron chi connectivity index (χ2n) is 4.41. The first-order valence-corrected chi connectivity index (χ1v) is 6.77. The molecule has 1 atom stereocenters. The van der Waals surface area contributed by atoms with E-state index in [9.17, 15) is 14.7 Å². The van der Waals surface area contributed by atoms with Crippen LogP contribution in [0.3, 0.4) is 0 Å². The van der Waals surface area contributed by atoms with Gasteiger partial charge >= 0.3 is 5.97 Å². The van der Waals surface area contributed by atoms with E-state index in [0.717, 1.165) is 0 Å². The van der Waals surface area contributed by atoms with E-state index in [-0.39, 0.29) is 12.5 Å². The molecule has 1 aromatic rings. The van der Waals surface area contributed by atoms with Crippen LogP contribution in [0.25, 0.3) is 0 Å². The molecule has 2 N–H and O–H groups in total. The molecule has 0 aliphatic carbocycles. The van der Waals surface area contributed by atoms with Gasteiger partial charge in [-0.15, -0.1) is 0 Å². The van der Waals surface area contributed by atoms with Gasteiger partial charge in [-0.1, -0.05) is 30.3 Å². The zero-order chi connectivity index (χ0) is 14.8. The lowest BCUT2D eigenvalue weighted by atomic mass is 9.99. The summed E-state index contributed by atoms with van der Waals surface area (Å²) < 4.78 is 5.14. The normalized spacial score (nSPS) is 11.8. The number of benzene rings is 1. The number of nitrogens with one attached hydrogen (secondary N) is 1. The molecule has 1 aromatic carbocycles. The molecule has 0 saturated carbocycles. The summed E-state index contributed by atoms with van der Waals surface area (Å²) in [4.78, 5) is 22.8. The first kappa shape index (κ1) is 16.2. The highest BCUT2D eigenvalue weighted by molar-refractivity contribution is 5.79. The monoisotopic (exact) mass is 279 g/mol. The van der Waals surface area contributed by atoms with Crippen molar-refractivity contribution in [1.29, 1.82) is 0 Å². The van der Waals surface area contributed by atoms with Crippen LogP contribution in [0.5, 0.6) is 0 Å². The smallest absolute Gasteiger partial charge is 0.312 e. The zero-order valence-corrected chi connectivity index (χ0v) is 11.7. The molecule has 5 heteroatoms. The van der Waals surface area contributed by atoms with Crippen molar-refractivity contribution in [3.63, 3.8) is 0 Å². The molecule has 20 heavy (non-hydrogen) atoms. The van der Waals surface area contributed by atoms with Gasteiger partial charge in [0.25, 0.3) is 0 Å². The van der Waals surface area contributed by atoms with Crippen molar-refractivity contribution in [2.75, 3.05) is 19.8 Å². The Labute approximate surface area is 118 Å². The Bertz CT molecular complexity index is 419. The molecular formula is C15H21NO4. The van der Waals surface area contributed by atoms with Crippen LogP contribution in [0.2, 0.25) is 0 Å². The summed E-state index contributed by atoms with van der Waals surface area (Å²) in [6.45, 7) is 3.19. The van der Waals surface area contributed by atoms with E-state index < -0.39 is 11.9 Å². The van der Waals surface area contributed by atoms with Crippen molar-refractivity contribution in [2.24, 2.45) is 0 Å². The van der Waals surface area contributed by atoms with Gasteiger partial charge in [0.2, 0.25) is 5.91 Å². The highest BCUT2D eigenvalue weighted by atomic mass is 16.5. The van der Waals surface area contributed by atoms with E-state index >= 15 is 0 Å². The molecule has 5 nitrogen and oxygen atoms in total. The van der Waals surface area contributed by atoms with Gasteiger partial charge < -0.3 is 15.2 Å². The van der Waals surface area contributed by atoms with Crippen molar-refractivity contribution in [3.05, 3.63) is 35.9 Å². The summed E-state index contributed by atoms with van der Waals surface area (Å²) in [6.07, 6.45) is 0.990. The second-order valence-corrected chi connectivity index (χ2v) is 4.41. The second kappa shape index (κ2) is 9.09. The maximum Gasteiger partial charge on any atom is 0.312 e. The number of aliphatic carboxylic acids is 1. The van der Waals surface area contributed by atoms with Gasteiger partial charge in [-0.05, 0) is 18.9 Å². The third-order valence-electron chi connectivity index (χ3n) is 2.90. The van der Waals surface area contributed by atoms with E-state index in [4.69, 9.17) is 4.74 Å². The SMILES string of the molecule is CCOCCCC(=O)NCC(C(=O)O)c1ccccc1. The van der Waals surface area contributed by atoms with E-state index in [2.05, 4.69) is 5.32 Å². The fraction of sp³-hybridized carbons (Fsp3) is 0.467. The molecule has 0 fully saturated rings. The van der Waals surface area contributed by atoms with E-state index in [1.54, 1.807) is 24.3 Å². The number of amides is 1. The average molecular weight is 279 g/mol. The van der Waals surface area contributed by atoms with Crippen LogP contribution in [0.1, 0.15) is 31.2 Å². The minimum Gasteiger partial charge on any atom is -0.481 e. The van der Waals surface area contributed by atoms with Crippen LogP contribution in [0, 0.1) is 0 Å². The van der Waals surface area contributed by atoms with Gasteiger partial charge in [-0.2, -0.15) is 0 Å². The molecule has 0 aromatic heterocycles. The van der Waals surface area contributed by atoms with Gasteiger partial charge in [-0.25, -0.2) is 0 Å². The standard InChI is InChI=1S/C15H21NO4/c1-2-20-10-6-9-14(17)16-11-13(15(18)19)12-7-4-3-5-8-12/h3-5,7-8,13H,2,6,9-11H2,1H3,(H,16,17)(H,18,19). The minimum absolute atomic E-state index is 0.104. The molecule has 1 unspecified atom stereocenters. The van der Waals surface area contributed by atoms with E-state index in [0.29, 0.717) is 31.6 Å². The third-order valence-corrected chi connectivity index (χ3v) is 2.90. The van der Waals surface area contributed by atoms with Crippen molar-refractivity contribution >= 4 is 11.9 Å². The van der Waals surface area contributed by atoms with Crippen molar-refractivity contribution in [2.45, 2.75) is 25.7 Å². The summed E-state index contributed by atoms with van der Waals surface area (Å²) in [5, 5.41) is 11.9. The first-order chi connectivity index (χ1) is 9.65. The summed E-state index contributed by atoms with van der Waals surface area (Å²) in [6, 6.07) is 8.90. The summed E-state index contributed by atoms with van der Waals surface area (Å²) in [7, 11) is 0. The van der Waals surface area contributed by atoms with Gasteiger partial charge in [0.15, 0.2) is 0 Å². The summed E-state index contributed by atoms with van der Waals surface area (Å²) in [5.74, 6) is -1.80. The zero-order valence-electron chi connectivity index (χ0n) is 11.7. The Morgan fingerprint density at radius 3 is 2.60 bits per heavy atom. The highest BCUT2D eigenvalue weighted by Crippen LogP contribution is 2.14. The van der Waals surface area contributed by atoms with Gasteiger partial charge in [0.05, 0.1) is 5.92 Å². The fourth-order valence-corrected chi connectivity index (χ4v) is 1.82. The quantitative estimate of drug-likeness (QED) is 0.676. The fourth-order valence-electron chi connectivity index (χ4n) is 1.82. The van der Waals surface area contributed by atoms with Crippen LogP contribution in [-0.2, 0) is 14.3 Å². The molecule has 0 radical (unpaired) electrons. The Balaban J connectivity index is 2.40. The molecule has 0 aliphatic heterocycles. The number of carboxylic acid groups (broad SMARTS) is 1. The highest BCUT2D eigenvalue weighted by Gasteiger charge is 2.20. The van der Waals surface area contributed by atoms with Crippen LogP contribution in [0.4, 0.5) is 0 Å². The summed E-state index contributed by atoms with van der Waals surface area (Å²) >= 11 is 0. The van der Waals surface area contributed by atoms with Crippen LogP contribution >= 0.6 is 0 Å². The molecule has 0 aliphatic rings. The molecule has 110 valence electrons. The average Bonchev–Trinajstić information content (AvgIpc) is 2.44. The number of carbonyl (C=O) groups excluding carboxylic acids is 1. The lowest BCUT2D eigenvalue weighted by molar-refractivity contribution is -0.138. The van der Waals surface area contributed by atoms with Crippen molar-refractivity contribution in [1.82, 2.24) is 5.32 Å². The number of hydrogen-bond acceptors (Lipinski definition) is 3. The lowest BCUT2D eigenvalue weighted by Crippen LogP contribution is -2.31. The Hall–Kier alpha value is -1.88. The number of rotatable bonds is 9. The lowest BCUT2D eigenvalue weighted by Gasteiger charge is -2.13. The molecule has 0 spiro atoms. The molecule has 0 bridgehead atoms. The molecule has 0 saturated heterocycles. The number of ether oxygens (including phenoxy) is 1. The molecule has 1 amide bonds. The third kappa shape index (κ3) is 5.84. The first-order valence-electron chi connectivity index (χ1n) is 6.77. The van der Waals surface area contributed by atoms with Gasteiger partial charge in [-0.3, -0.25) is 9.59 Å². The number of hydrogen-bond donors (Lipinski definition) is 2. The van der Waals surface area contributed by atoms with Crippen molar-refractivity contribution < 1.29 is 19.4 Å². The topological polar surface area (TPSA) is 75.6 Å². The van der Waals surface area contributed by atoms with Gasteiger partial charge in [0, 0.05) is 26.2 Å². The largest absolute Gasteiger partial charge is 0.481 e. The summed E-state index contributed by atoms with van der Waals surface area (Å²) in [5.41, 5.74) is 0.689. The van der Waals surface area contributed by atoms with Crippen LogP contribution < -0.4 is 5.32 Å². The van der Waals surface area contributed by atoms with Gasteiger partial charge in [0.1, 0.15) is 0 Å². The number of carbonyl (C=O) groups is 2. The minimum atomic E-state index is -0.939. The number of carboxylic acids is 1. The molecular weight excluding hydrogens is 258 g/mol. The predicted molar refractivity (Wildman–Crippen MR) is 75.6 cm³/mol. The van der Waals surface area contributed by atoms with Crippen LogP contribution in [-0.4, -0.2) is 36.7 Å². The maximum absolute atomic E-state index is 11.6. The van der Waals surface area contributed by atoms with E-state index in [1.807, 2.05) is 13.0 Å².